The number of benzene rings is 2. The van der Waals surface area contributed by atoms with Crippen molar-refractivity contribution in [1.82, 2.24) is 0 Å². The lowest BCUT2D eigenvalue weighted by Crippen LogP contribution is -1.92. The van der Waals surface area contributed by atoms with Crippen molar-refractivity contribution in [2.75, 3.05) is 12.8 Å². The summed E-state index contributed by atoms with van der Waals surface area (Å²) in [5.41, 5.74) is 6.50. The van der Waals surface area contributed by atoms with Gasteiger partial charge in [-0.25, -0.2) is 0 Å². The molecule has 19 heavy (non-hydrogen) atoms. The van der Waals surface area contributed by atoms with Gasteiger partial charge in [-0.2, -0.15) is 5.26 Å². The Labute approximate surface area is 115 Å². The van der Waals surface area contributed by atoms with E-state index in [0.717, 1.165) is 0 Å². The molecule has 0 aliphatic heterocycles. The first-order valence-corrected chi connectivity index (χ1v) is 5.83. The summed E-state index contributed by atoms with van der Waals surface area (Å²) in [5, 5.41) is 9.53. The lowest BCUT2D eigenvalue weighted by atomic mass is 10.2. The second-order valence-electron chi connectivity index (χ2n) is 3.77. The summed E-state index contributed by atoms with van der Waals surface area (Å²) in [5.74, 6) is 1.47. The number of nitrogens with two attached hydrogens (primary N) is 1. The fourth-order valence-electron chi connectivity index (χ4n) is 1.55. The molecule has 0 radical (unpaired) electrons. The van der Waals surface area contributed by atoms with Crippen LogP contribution in [-0.4, -0.2) is 7.11 Å². The van der Waals surface area contributed by atoms with Gasteiger partial charge >= 0.3 is 0 Å². The molecular formula is C14H11ClN2O2. The molecule has 0 bridgehead atoms. The summed E-state index contributed by atoms with van der Waals surface area (Å²) in [4.78, 5) is 0. The van der Waals surface area contributed by atoms with Gasteiger partial charge in [0, 0.05) is 11.8 Å². The van der Waals surface area contributed by atoms with Crippen LogP contribution in [-0.2, 0) is 0 Å². The number of methoxy groups -OCH3 is 1. The van der Waals surface area contributed by atoms with E-state index in [1.54, 1.807) is 36.4 Å². The molecule has 96 valence electrons. The van der Waals surface area contributed by atoms with Crippen molar-refractivity contribution in [3.8, 4) is 23.3 Å². The standard InChI is InChI=1S/C14H11ClN2O2/c1-18-14-7-11(3-4-12(14)15)19-13-5-2-10(17)6-9(13)8-16/h2-7H,17H2,1H3. The Hall–Kier alpha value is -2.38. The molecule has 0 aliphatic carbocycles. The monoisotopic (exact) mass is 274 g/mol. The zero-order valence-electron chi connectivity index (χ0n) is 10.2. The van der Waals surface area contributed by atoms with Crippen LogP contribution in [0.25, 0.3) is 0 Å². The van der Waals surface area contributed by atoms with Gasteiger partial charge in [0.2, 0.25) is 0 Å². The van der Waals surface area contributed by atoms with Crippen molar-refractivity contribution in [1.29, 1.82) is 5.26 Å². The summed E-state index contributed by atoms with van der Waals surface area (Å²) in [6, 6.07) is 11.9. The second kappa shape index (κ2) is 5.51. The lowest BCUT2D eigenvalue weighted by Gasteiger charge is -2.10. The van der Waals surface area contributed by atoms with Gasteiger partial charge in [-0.15, -0.1) is 0 Å². The third-order valence-electron chi connectivity index (χ3n) is 2.47. The molecule has 4 nitrogen and oxygen atoms in total. The molecule has 0 spiro atoms. The minimum atomic E-state index is 0.369. The van der Waals surface area contributed by atoms with E-state index in [9.17, 15) is 0 Å². The molecule has 0 saturated heterocycles. The largest absolute Gasteiger partial charge is 0.495 e. The van der Waals surface area contributed by atoms with E-state index in [1.165, 1.54) is 7.11 Å². The molecule has 0 unspecified atom stereocenters. The van der Waals surface area contributed by atoms with Crippen LogP contribution in [0.2, 0.25) is 5.02 Å². The van der Waals surface area contributed by atoms with E-state index in [4.69, 9.17) is 32.1 Å². The molecule has 0 atom stereocenters. The first-order chi connectivity index (χ1) is 9.13. The third kappa shape index (κ3) is 2.90. The normalized spacial score (nSPS) is 9.74. The Morgan fingerprint density at radius 3 is 2.63 bits per heavy atom. The van der Waals surface area contributed by atoms with Crippen molar-refractivity contribution in [3.63, 3.8) is 0 Å². The highest BCUT2D eigenvalue weighted by Crippen LogP contribution is 2.32. The summed E-state index contributed by atoms with van der Waals surface area (Å²) < 4.78 is 10.7. The maximum Gasteiger partial charge on any atom is 0.145 e. The van der Waals surface area contributed by atoms with Crippen LogP contribution < -0.4 is 15.2 Å². The van der Waals surface area contributed by atoms with Gasteiger partial charge < -0.3 is 15.2 Å². The molecule has 0 amide bonds. The van der Waals surface area contributed by atoms with E-state index < -0.39 is 0 Å². The maximum atomic E-state index is 9.03. The molecule has 0 fully saturated rings. The van der Waals surface area contributed by atoms with Crippen molar-refractivity contribution < 1.29 is 9.47 Å². The molecule has 2 rings (SSSR count). The van der Waals surface area contributed by atoms with Crippen LogP contribution in [0.5, 0.6) is 17.2 Å². The van der Waals surface area contributed by atoms with Gasteiger partial charge in [-0.1, -0.05) is 11.6 Å². The molecule has 5 heteroatoms. The highest BCUT2D eigenvalue weighted by molar-refractivity contribution is 6.32. The molecule has 0 aromatic heterocycles. The van der Waals surface area contributed by atoms with E-state index in [0.29, 0.717) is 33.5 Å². The van der Waals surface area contributed by atoms with E-state index in [1.807, 2.05) is 6.07 Å². The van der Waals surface area contributed by atoms with Gasteiger partial charge in [-0.05, 0) is 30.3 Å². The maximum absolute atomic E-state index is 9.03. The van der Waals surface area contributed by atoms with Crippen molar-refractivity contribution >= 4 is 17.3 Å². The van der Waals surface area contributed by atoms with Crippen LogP contribution in [0, 0.1) is 11.3 Å². The number of rotatable bonds is 3. The van der Waals surface area contributed by atoms with Crippen LogP contribution in [0.15, 0.2) is 36.4 Å². The smallest absolute Gasteiger partial charge is 0.145 e. The number of nitriles is 1. The summed E-state index contributed by atoms with van der Waals surface area (Å²) >= 11 is 5.93. The molecule has 0 aliphatic rings. The van der Waals surface area contributed by atoms with Gasteiger partial charge in [0.25, 0.3) is 0 Å². The number of nitrogen functional groups attached to an aromatic ring is 1. The van der Waals surface area contributed by atoms with Crippen molar-refractivity contribution in [2.45, 2.75) is 0 Å². The minimum Gasteiger partial charge on any atom is -0.495 e. The number of hydrogen-bond acceptors (Lipinski definition) is 4. The van der Waals surface area contributed by atoms with Gasteiger partial charge in [-0.3, -0.25) is 0 Å². The molecule has 2 aromatic carbocycles. The SMILES string of the molecule is COc1cc(Oc2ccc(N)cc2C#N)ccc1Cl. The minimum absolute atomic E-state index is 0.369. The predicted molar refractivity (Wildman–Crippen MR) is 73.6 cm³/mol. The van der Waals surface area contributed by atoms with Crippen LogP contribution in [0.3, 0.4) is 0 Å². The average Bonchev–Trinajstić information content (AvgIpc) is 2.42. The van der Waals surface area contributed by atoms with Gasteiger partial charge in [0.15, 0.2) is 0 Å². The van der Waals surface area contributed by atoms with E-state index in [-0.39, 0.29) is 0 Å². The van der Waals surface area contributed by atoms with Crippen LogP contribution in [0.4, 0.5) is 5.69 Å². The zero-order chi connectivity index (χ0) is 13.8. The van der Waals surface area contributed by atoms with E-state index in [2.05, 4.69) is 0 Å². The zero-order valence-corrected chi connectivity index (χ0v) is 10.9. The quantitative estimate of drug-likeness (QED) is 0.869. The summed E-state index contributed by atoms with van der Waals surface area (Å²) in [7, 11) is 1.52. The van der Waals surface area contributed by atoms with Gasteiger partial charge in [0.05, 0.1) is 17.7 Å². The number of nitrogens with zero attached hydrogens (tertiary/aromatic N) is 1. The number of hydrogen-bond donors (Lipinski definition) is 1. The Morgan fingerprint density at radius 2 is 1.95 bits per heavy atom. The average molecular weight is 275 g/mol. The number of halogens is 1. The van der Waals surface area contributed by atoms with Crippen molar-refractivity contribution in [2.24, 2.45) is 0 Å². The van der Waals surface area contributed by atoms with Gasteiger partial charge in [0.1, 0.15) is 23.3 Å². The summed E-state index contributed by atoms with van der Waals surface area (Å²) in [6.45, 7) is 0. The Bertz CT molecular complexity index is 650. The van der Waals surface area contributed by atoms with Crippen molar-refractivity contribution in [3.05, 3.63) is 47.0 Å². The van der Waals surface area contributed by atoms with Crippen LogP contribution >= 0.6 is 11.6 Å². The fourth-order valence-corrected chi connectivity index (χ4v) is 1.75. The second-order valence-corrected chi connectivity index (χ2v) is 4.17. The number of anilines is 1. The number of ether oxygens (including phenoxy) is 2. The molecular weight excluding hydrogens is 264 g/mol. The Balaban J connectivity index is 2.34. The fraction of sp³-hybridized carbons (Fsp3) is 0.0714. The predicted octanol–water partition coefficient (Wildman–Crippen LogP) is 3.59. The molecule has 0 heterocycles. The summed E-state index contributed by atoms with van der Waals surface area (Å²) in [6.07, 6.45) is 0. The molecule has 2 N–H and O–H groups in total. The van der Waals surface area contributed by atoms with Crippen LogP contribution in [0.1, 0.15) is 5.56 Å². The molecule has 2 aromatic rings. The first kappa shape index (κ1) is 13.1. The highest BCUT2D eigenvalue weighted by Gasteiger charge is 2.07. The Morgan fingerprint density at radius 1 is 1.16 bits per heavy atom. The topological polar surface area (TPSA) is 68.3 Å². The highest BCUT2D eigenvalue weighted by atomic mass is 35.5. The third-order valence-corrected chi connectivity index (χ3v) is 2.79. The van der Waals surface area contributed by atoms with E-state index >= 15 is 0 Å². The first-order valence-electron chi connectivity index (χ1n) is 5.45. The molecule has 0 saturated carbocycles. The lowest BCUT2D eigenvalue weighted by molar-refractivity contribution is 0.409. The Kier molecular flexibility index (Phi) is 3.79.